The number of imide groups is 1. The summed E-state index contributed by atoms with van der Waals surface area (Å²) in [5.74, 6) is -4.70. The highest BCUT2D eigenvalue weighted by Gasteiger charge is 2.66. The lowest BCUT2D eigenvalue weighted by Gasteiger charge is -2.55. The van der Waals surface area contributed by atoms with Crippen LogP contribution in [-0.4, -0.2) is 35.6 Å². The van der Waals surface area contributed by atoms with Gasteiger partial charge in [-0.1, -0.05) is 90.5 Å². The molecule has 8 nitrogen and oxygen atoms in total. The van der Waals surface area contributed by atoms with Crippen LogP contribution in [-0.2, 0) is 24.6 Å². The van der Waals surface area contributed by atoms with Crippen molar-refractivity contribution >= 4 is 77.9 Å². The second-order valence-corrected chi connectivity index (χ2v) is 16.6. The molecule has 5 aromatic rings. The van der Waals surface area contributed by atoms with Gasteiger partial charge in [-0.25, -0.2) is 0 Å². The van der Waals surface area contributed by atoms with E-state index >= 15 is 9.59 Å². The molecule has 6 atom stereocenters. The number of methoxy groups -OCH3 is 1. The van der Waals surface area contributed by atoms with Crippen LogP contribution in [0.2, 0.25) is 0 Å². The van der Waals surface area contributed by atoms with Gasteiger partial charge < -0.3 is 15.2 Å². The molecular formula is C47H36Br2N2O6. The second-order valence-electron chi connectivity index (χ2n) is 15.0. The van der Waals surface area contributed by atoms with E-state index in [9.17, 15) is 14.7 Å². The number of ketones is 2. The Bertz CT molecular complexity index is 2520. The minimum atomic E-state index is -1.44. The minimum absolute atomic E-state index is 0.127. The molecule has 9 rings (SSSR count). The molecule has 4 aliphatic rings. The first-order chi connectivity index (χ1) is 27.6. The van der Waals surface area contributed by atoms with E-state index in [4.69, 9.17) is 4.74 Å². The van der Waals surface area contributed by atoms with Gasteiger partial charge in [0.05, 0.1) is 34.5 Å². The molecule has 10 heteroatoms. The van der Waals surface area contributed by atoms with Gasteiger partial charge >= 0.3 is 0 Å². The molecule has 1 saturated heterocycles. The summed E-state index contributed by atoms with van der Waals surface area (Å²) in [6, 6.07) is 37.2. The van der Waals surface area contributed by atoms with Crippen LogP contribution in [0.25, 0.3) is 5.57 Å². The normalized spacial score (nSPS) is 25.2. The molecule has 2 fully saturated rings. The van der Waals surface area contributed by atoms with Crippen molar-refractivity contribution in [2.45, 2.75) is 24.2 Å². The smallest absolute Gasteiger partial charge is 0.238 e. The number of nitrogens with one attached hydrogen (secondary N) is 1. The van der Waals surface area contributed by atoms with Crippen LogP contribution in [0.15, 0.2) is 148 Å². The van der Waals surface area contributed by atoms with E-state index < -0.39 is 35.0 Å². The zero-order chi connectivity index (χ0) is 39.6. The molecule has 1 saturated carbocycles. The number of aromatic hydroxyl groups is 1. The Morgan fingerprint density at radius 2 is 1.40 bits per heavy atom. The zero-order valence-corrected chi connectivity index (χ0v) is 33.9. The first kappa shape index (κ1) is 37.0. The third-order valence-electron chi connectivity index (χ3n) is 12.3. The fourth-order valence-corrected chi connectivity index (χ4v) is 10.8. The number of halogens is 2. The van der Waals surface area contributed by atoms with Gasteiger partial charge in [0, 0.05) is 33.3 Å². The number of anilines is 3. The average Bonchev–Trinajstić information content (AvgIpc) is 3.50. The molecule has 3 aliphatic carbocycles. The molecule has 0 spiro atoms. The van der Waals surface area contributed by atoms with Crippen LogP contribution in [0, 0.1) is 23.7 Å². The number of allylic oxidation sites excluding steroid dienone is 4. The van der Waals surface area contributed by atoms with Crippen LogP contribution in [0.4, 0.5) is 17.1 Å². The van der Waals surface area contributed by atoms with E-state index in [0.29, 0.717) is 36.9 Å². The number of Topliss-reactive ketones (excluding diaryl/α,β-unsaturated/α-hetero) is 1. The SMILES string of the molecule is COc1cc([C@H]2C3=CC[C@@H]4C(=O)N(c5ccc(Nc6ccccc6)cc5)C(=O)[C@@H]4[C@@H]3C[C@H]3C(=O)C(c4ccccc4)=CC(=O)[C@@]23c2ccccc2)c(Br)c(Br)c1O. The third-order valence-corrected chi connectivity index (χ3v) is 14.4. The molecule has 0 aromatic heterocycles. The topological polar surface area (TPSA) is 113 Å². The highest BCUT2D eigenvalue weighted by molar-refractivity contribution is 9.13. The number of rotatable bonds is 7. The van der Waals surface area contributed by atoms with E-state index in [0.717, 1.165) is 16.9 Å². The van der Waals surface area contributed by atoms with Gasteiger partial charge in [-0.15, -0.1) is 0 Å². The van der Waals surface area contributed by atoms with Gasteiger partial charge in [0.2, 0.25) is 11.8 Å². The summed E-state index contributed by atoms with van der Waals surface area (Å²) >= 11 is 7.31. The lowest BCUT2D eigenvalue weighted by atomic mass is 9.44. The Balaban J connectivity index is 1.21. The summed E-state index contributed by atoms with van der Waals surface area (Å²) in [5, 5.41) is 14.4. The number of ether oxygens (including phenoxy) is 1. The Morgan fingerprint density at radius 1 is 0.772 bits per heavy atom. The van der Waals surface area contributed by atoms with Crippen LogP contribution in [0.5, 0.6) is 11.5 Å². The Labute approximate surface area is 346 Å². The second kappa shape index (κ2) is 14.4. The van der Waals surface area contributed by atoms with E-state index in [1.54, 1.807) is 18.2 Å². The van der Waals surface area contributed by atoms with E-state index in [1.807, 2.05) is 109 Å². The van der Waals surface area contributed by atoms with Crippen molar-refractivity contribution in [3.05, 3.63) is 165 Å². The lowest BCUT2D eigenvalue weighted by Crippen LogP contribution is -2.59. The number of phenolic OH excluding ortho intramolecular Hbond substituents is 1. The molecular weight excluding hydrogens is 848 g/mol. The number of hydrogen-bond acceptors (Lipinski definition) is 7. The molecule has 0 unspecified atom stereocenters. The molecule has 57 heavy (non-hydrogen) atoms. The van der Waals surface area contributed by atoms with Gasteiger partial charge in [-0.05, 0) is 116 Å². The number of phenols is 1. The van der Waals surface area contributed by atoms with Crippen molar-refractivity contribution in [2.75, 3.05) is 17.3 Å². The summed E-state index contributed by atoms with van der Waals surface area (Å²) in [6.07, 6.45) is 3.96. The number of benzene rings is 5. The summed E-state index contributed by atoms with van der Waals surface area (Å²) in [4.78, 5) is 61.2. The summed E-state index contributed by atoms with van der Waals surface area (Å²) in [7, 11) is 1.45. The summed E-state index contributed by atoms with van der Waals surface area (Å²) in [5.41, 5.74) is 3.77. The molecule has 284 valence electrons. The maximum absolute atomic E-state index is 15.4. The van der Waals surface area contributed by atoms with Crippen molar-refractivity contribution in [3.8, 4) is 11.5 Å². The number of carbonyl (C=O) groups excluding carboxylic acids is 4. The van der Waals surface area contributed by atoms with Gasteiger partial charge in [-0.3, -0.25) is 24.1 Å². The first-order valence-corrected chi connectivity index (χ1v) is 20.4. The summed E-state index contributed by atoms with van der Waals surface area (Å²) in [6.45, 7) is 0. The third kappa shape index (κ3) is 5.75. The average molecular weight is 885 g/mol. The monoisotopic (exact) mass is 882 g/mol. The fourth-order valence-electron chi connectivity index (χ4n) is 9.83. The van der Waals surface area contributed by atoms with Crippen molar-refractivity contribution in [1.82, 2.24) is 0 Å². The maximum Gasteiger partial charge on any atom is 0.238 e. The molecule has 0 bridgehead atoms. The maximum atomic E-state index is 15.4. The largest absolute Gasteiger partial charge is 0.503 e. The van der Waals surface area contributed by atoms with Crippen molar-refractivity contribution in [2.24, 2.45) is 23.7 Å². The molecule has 1 aliphatic heterocycles. The van der Waals surface area contributed by atoms with Gasteiger partial charge in [-0.2, -0.15) is 0 Å². The van der Waals surface area contributed by atoms with Crippen molar-refractivity contribution < 1.29 is 29.0 Å². The number of carbonyl (C=O) groups is 4. The van der Waals surface area contributed by atoms with Crippen LogP contribution in [0.1, 0.15) is 35.4 Å². The first-order valence-electron chi connectivity index (χ1n) is 18.8. The standard InChI is InChI=1S/C47H36Br2N2O6/c1-57-37-24-35(41(48)42(49)44(37)54)40-31-21-22-32-39(46(56)51(45(32)55)30-19-17-29(18-20-30)50-28-15-9-4-10-16-28)34(31)23-36-43(53)33(26-11-5-2-6-12-26)25-38(52)47(36,40)27-13-7-3-8-14-27/h2-21,24-25,32,34,36,39-40,50,54H,22-23H2,1H3/t32-,34+,36-,39-,40+,47-/m0/s1. The number of para-hydroxylation sites is 1. The Hall–Kier alpha value is -5.58. The van der Waals surface area contributed by atoms with Crippen LogP contribution >= 0.6 is 31.9 Å². The highest BCUT2D eigenvalue weighted by Crippen LogP contribution is 2.65. The minimum Gasteiger partial charge on any atom is -0.503 e. The van der Waals surface area contributed by atoms with E-state index in [1.165, 1.54) is 18.1 Å². The highest BCUT2D eigenvalue weighted by atomic mass is 79.9. The van der Waals surface area contributed by atoms with Crippen LogP contribution in [0.3, 0.4) is 0 Å². The van der Waals surface area contributed by atoms with Crippen molar-refractivity contribution in [1.29, 1.82) is 0 Å². The molecule has 0 radical (unpaired) electrons. The lowest BCUT2D eigenvalue weighted by molar-refractivity contribution is -0.135. The predicted molar refractivity (Wildman–Crippen MR) is 225 cm³/mol. The van der Waals surface area contributed by atoms with Gasteiger partial charge in [0.25, 0.3) is 0 Å². The molecule has 2 N–H and O–H groups in total. The fraction of sp³-hybridized carbons (Fsp3) is 0.191. The zero-order valence-electron chi connectivity index (χ0n) is 30.7. The number of nitrogens with zero attached hydrogens (tertiary/aromatic N) is 1. The number of hydrogen-bond donors (Lipinski definition) is 2. The predicted octanol–water partition coefficient (Wildman–Crippen LogP) is 9.70. The van der Waals surface area contributed by atoms with Gasteiger partial charge in [0.1, 0.15) is 0 Å². The van der Waals surface area contributed by atoms with E-state index in [2.05, 4.69) is 37.2 Å². The molecule has 5 aromatic carbocycles. The van der Waals surface area contributed by atoms with E-state index in [-0.39, 0.29) is 47.7 Å². The van der Waals surface area contributed by atoms with Crippen molar-refractivity contribution in [3.63, 3.8) is 0 Å². The quantitative estimate of drug-likeness (QED) is 0.124. The Morgan fingerprint density at radius 3 is 2.07 bits per heavy atom. The number of amides is 2. The molecule has 1 heterocycles. The molecule has 2 amide bonds. The Kier molecular flexibility index (Phi) is 9.36. The van der Waals surface area contributed by atoms with Gasteiger partial charge in [0.15, 0.2) is 23.1 Å². The van der Waals surface area contributed by atoms with Crippen LogP contribution < -0.4 is 15.0 Å². The number of fused-ring (bicyclic) bond motifs is 4. The summed E-state index contributed by atoms with van der Waals surface area (Å²) < 4.78 is 6.47.